The average Bonchev–Trinajstić information content (AvgIpc) is 2.48. The second-order valence-corrected chi connectivity index (χ2v) is 6.38. The molecule has 0 aliphatic carbocycles. The number of carbonyl (C=O) groups excluding carboxylic acids is 1. The highest BCUT2D eigenvalue weighted by molar-refractivity contribution is 9.10. The van der Waals surface area contributed by atoms with Crippen LogP contribution in [0.3, 0.4) is 0 Å². The molecule has 124 valence electrons. The Bertz CT molecular complexity index is 473. The van der Waals surface area contributed by atoms with Gasteiger partial charge in [0.25, 0.3) is 0 Å². The van der Waals surface area contributed by atoms with Gasteiger partial charge < -0.3 is 15.4 Å². The van der Waals surface area contributed by atoms with Gasteiger partial charge in [0, 0.05) is 12.5 Å². The lowest BCUT2D eigenvalue weighted by atomic mass is 9.95. The number of amides is 1. The lowest BCUT2D eigenvalue weighted by molar-refractivity contribution is -0.122. The van der Waals surface area contributed by atoms with Crippen molar-refractivity contribution in [3.8, 4) is 5.75 Å². The van der Waals surface area contributed by atoms with Crippen LogP contribution >= 0.6 is 28.3 Å². The molecular formula is C16H24BrClN2O2. The van der Waals surface area contributed by atoms with Gasteiger partial charge in [0.15, 0.2) is 0 Å². The van der Waals surface area contributed by atoms with Crippen LogP contribution in [-0.4, -0.2) is 31.6 Å². The Balaban J connectivity index is 0.00000242. The summed E-state index contributed by atoms with van der Waals surface area (Å²) in [7, 11) is 0. The summed E-state index contributed by atoms with van der Waals surface area (Å²) >= 11 is 3.44. The van der Waals surface area contributed by atoms with Crippen molar-refractivity contribution in [1.82, 2.24) is 10.6 Å². The van der Waals surface area contributed by atoms with Crippen LogP contribution in [-0.2, 0) is 4.79 Å². The number of rotatable bonds is 6. The van der Waals surface area contributed by atoms with Crippen LogP contribution in [0.25, 0.3) is 0 Å². The summed E-state index contributed by atoms with van der Waals surface area (Å²) in [4.78, 5) is 11.9. The highest BCUT2D eigenvalue weighted by Crippen LogP contribution is 2.23. The Hall–Kier alpha value is -0.780. The number of carbonyl (C=O) groups is 1. The standard InChI is InChI=1S/C16H23BrN2O2.ClH/c1-12-11-18-9-8-14(12)19-16(20)7-4-10-21-15-6-3-2-5-13(15)17;/h2-3,5-6,12,14,18H,4,7-11H2,1H3,(H,19,20);1H. The van der Waals surface area contributed by atoms with Crippen LogP contribution in [0.15, 0.2) is 28.7 Å². The van der Waals surface area contributed by atoms with E-state index in [0.717, 1.165) is 36.2 Å². The summed E-state index contributed by atoms with van der Waals surface area (Å²) in [5.74, 6) is 1.45. The minimum atomic E-state index is 0. The minimum absolute atomic E-state index is 0. The third-order valence-corrected chi connectivity index (χ3v) is 4.43. The Morgan fingerprint density at radius 2 is 2.23 bits per heavy atom. The first-order valence-corrected chi connectivity index (χ1v) is 8.33. The lowest BCUT2D eigenvalue weighted by Gasteiger charge is -2.30. The molecule has 2 unspecified atom stereocenters. The SMILES string of the molecule is CC1CNCCC1NC(=O)CCCOc1ccccc1Br.Cl. The number of ether oxygens (including phenoxy) is 1. The van der Waals surface area contributed by atoms with Gasteiger partial charge in [-0.1, -0.05) is 19.1 Å². The van der Waals surface area contributed by atoms with Gasteiger partial charge in [0.05, 0.1) is 11.1 Å². The molecule has 0 spiro atoms. The normalized spacial score (nSPS) is 20.8. The molecule has 1 heterocycles. The molecule has 2 atom stereocenters. The lowest BCUT2D eigenvalue weighted by Crippen LogP contribution is -2.48. The number of halogens is 2. The highest BCUT2D eigenvalue weighted by atomic mass is 79.9. The highest BCUT2D eigenvalue weighted by Gasteiger charge is 2.22. The fraction of sp³-hybridized carbons (Fsp3) is 0.562. The van der Waals surface area contributed by atoms with Crippen molar-refractivity contribution in [1.29, 1.82) is 0 Å². The third-order valence-electron chi connectivity index (χ3n) is 3.77. The van der Waals surface area contributed by atoms with Gasteiger partial charge in [-0.2, -0.15) is 0 Å². The predicted octanol–water partition coefficient (Wildman–Crippen LogP) is 3.14. The van der Waals surface area contributed by atoms with Gasteiger partial charge in [-0.3, -0.25) is 4.79 Å². The second kappa shape index (κ2) is 10.1. The van der Waals surface area contributed by atoms with Crippen LogP contribution < -0.4 is 15.4 Å². The van der Waals surface area contributed by atoms with Gasteiger partial charge in [-0.25, -0.2) is 0 Å². The molecule has 1 aromatic carbocycles. The van der Waals surface area contributed by atoms with E-state index in [1.807, 2.05) is 24.3 Å². The molecule has 2 N–H and O–H groups in total. The minimum Gasteiger partial charge on any atom is -0.492 e. The zero-order valence-electron chi connectivity index (χ0n) is 12.8. The van der Waals surface area contributed by atoms with Gasteiger partial charge in [-0.15, -0.1) is 12.4 Å². The smallest absolute Gasteiger partial charge is 0.220 e. The first kappa shape index (κ1) is 19.3. The Morgan fingerprint density at radius 1 is 1.45 bits per heavy atom. The van der Waals surface area contributed by atoms with E-state index in [9.17, 15) is 4.79 Å². The van der Waals surface area contributed by atoms with E-state index in [2.05, 4.69) is 33.5 Å². The van der Waals surface area contributed by atoms with Gasteiger partial charge in [0.2, 0.25) is 5.91 Å². The number of para-hydroxylation sites is 1. The maximum absolute atomic E-state index is 11.9. The Kier molecular flexibility index (Phi) is 8.83. The van der Waals surface area contributed by atoms with Crippen LogP contribution in [0.4, 0.5) is 0 Å². The van der Waals surface area contributed by atoms with Gasteiger partial charge in [0.1, 0.15) is 5.75 Å². The molecule has 1 fully saturated rings. The summed E-state index contributed by atoms with van der Waals surface area (Å²) in [6.07, 6.45) is 2.26. The van der Waals surface area contributed by atoms with Crippen molar-refractivity contribution in [2.45, 2.75) is 32.2 Å². The molecule has 6 heteroatoms. The van der Waals surface area contributed by atoms with Crippen LogP contribution in [0.5, 0.6) is 5.75 Å². The fourth-order valence-corrected chi connectivity index (χ4v) is 2.88. The summed E-state index contributed by atoms with van der Waals surface area (Å²) in [6, 6.07) is 8.06. The maximum Gasteiger partial charge on any atom is 0.220 e. The van der Waals surface area contributed by atoms with E-state index >= 15 is 0 Å². The molecule has 1 aromatic rings. The van der Waals surface area contributed by atoms with Crippen LogP contribution in [0, 0.1) is 5.92 Å². The van der Waals surface area contributed by atoms with E-state index in [1.165, 1.54) is 0 Å². The zero-order chi connectivity index (χ0) is 15.1. The van der Waals surface area contributed by atoms with Crippen molar-refractivity contribution in [2.75, 3.05) is 19.7 Å². The molecule has 2 rings (SSSR count). The van der Waals surface area contributed by atoms with E-state index in [-0.39, 0.29) is 18.3 Å². The molecule has 22 heavy (non-hydrogen) atoms. The molecule has 1 amide bonds. The molecule has 0 saturated carbocycles. The summed E-state index contributed by atoms with van der Waals surface area (Å²) in [6.45, 7) is 4.70. The first-order valence-electron chi connectivity index (χ1n) is 7.54. The topological polar surface area (TPSA) is 50.4 Å². The molecule has 1 aliphatic rings. The quantitative estimate of drug-likeness (QED) is 0.733. The number of benzene rings is 1. The number of nitrogens with one attached hydrogen (secondary N) is 2. The monoisotopic (exact) mass is 390 g/mol. The van der Waals surface area contributed by atoms with E-state index in [0.29, 0.717) is 25.0 Å². The van der Waals surface area contributed by atoms with E-state index in [4.69, 9.17) is 4.74 Å². The van der Waals surface area contributed by atoms with E-state index in [1.54, 1.807) is 0 Å². The van der Waals surface area contributed by atoms with Crippen LogP contribution in [0.2, 0.25) is 0 Å². The Morgan fingerprint density at radius 3 is 2.95 bits per heavy atom. The summed E-state index contributed by atoms with van der Waals surface area (Å²) < 4.78 is 6.60. The van der Waals surface area contributed by atoms with Crippen LogP contribution in [0.1, 0.15) is 26.2 Å². The Labute approximate surface area is 146 Å². The summed E-state index contributed by atoms with van der Waals surface area (Å²) in [5.41, 5.74) is 0. The third kappa shape index (κ3) is 6.15. The predicted molar refractivity (Wildman–Crippen MR) is 94.7 cm³/mol. The second-order valence-electron chi connectivity index (χ2n) is 5.53. The molecule has 1 saturated heterocycles. The zero-order valence-corrected chi connectivity index (χ0v) is 15.2. The number of piperidine rings is 1. The first-order chi connectivity index (χ1) is 10.2. The largest absolute Gasteiger partial charge is 0.492 e. The van der Waals surface area contributed by atoms with Crippen molar-refractivity contribution < 1.29 is 9.53 Å². The molecule has 1 aliphatic heterocycles. The molecule has 4 nitrogen and oxygen atoms in total. The van der Waals surface area contributed by atoms with Gasteiger partial charge in [-0.05, 0) is 59.9 Å². The van der Waals surface area contributed by atoms with E-state index < -0.39 is 0 Å². The number of hydrogen-bond acceptors (Lipinski definition) is 3. The fourth-order valence-electron chi connectivity index (χ4n) is 2.48. The van der Waals surface area contributed by atoms with Crippen molar-refractivity contribution in [3.63, 3.8) is 0 Å². The van der Waals surface area contributed by atoms with Crippen molar-refractivity contribution in [3.05, 3.63) is 28.7 Å². The molecule has 0 radical (unpaired) electrons. The van der Waals surface area contributed by atoms with Crippen molar-refractivity contribution >= 4 is 34.2 Å². The average molecular weight is 392 g/mol. The molecule has 0 aromatic heterocycles. The molecule has 0 bridgehead atoms. The van der Waals surface area contributed by atoms with Gasteiger partial charge >= 0.3 is 0 Å². The van der Waals surface area contributed by atoms with Crippen molar-refractivity contribution in [2.24, 2.45) is 5.92 Å². The number of hydrogen-bond donors (Lipinski definition) is 2. The summed E-state index contributed by atoms with van der Waals surface area (Å²) in [5, 5.41) is 6.47. The molecular weight excluding hydrogens is 368 g/mol. The maximum atomic E-state index is 11.9.